The van der Waals surface area contributed by atoms with Gasteiger partial charge in [0.1, 0.15) is 0 Å². The quantitative estimate of drug-likeness (QED) is 0.902. The number of carboxylic acid groups (broad SMARTS) is 1. The van der Waals surface area contributed by atoms with Crippen LogP contribution in [0, 0.1) is 6.92 Å². The van der Waals surface area contributed by atoms with Gasteiger partial charge in [0.2, 0.25) is 0 Å². The van der Waals surface area contributed by atoms with Crippen molar-refractivity contribution >= 4 is 11.9 Å². The van der Waals surface area contributed by atoms with Crippen LogP contribution in [0.2, 0.25) is 0 Å². The van der Waals surface area contributed by atoms with Gasteiger partial charge in [-0.1, -0.05) is 17.7 Å². The summed E-state index contributed by atoms with van der Waals surface area (Å²) >= 11 is 0. The third-order valence-electron chi connectivity index (χ3n) is 3.50. The highest BCUT2D eigenvalue weighted by Gasteiger charge is 2.21. The summed E-state index contributed by atoms with van der Waals surface area (Å²) in [6, 6.07) is 7.57. The second kappa shape index (κ2) is 6.52. The molecule has 1 saturated heterocycles. The summed E-state index contributed by atoms with van der Waals surface area (Å²) in [5, 5.41) is 8.82. The molecule has 5 nitrogen and oxygen atoms in total. The molecule has 1 N–H and O–H groups in total. The lowest BCUT2D eigenvalue weighted by Crippen LogP contribution is -2.36. The van der Waals surface area contributed by atoms with Crippen molar-refractivity contribution in [1.82, 2.24) is 9.80 Å². The van der Waals surface area contributed by atoms with Crippen LogP contribution in [-0.2, 0) is 4.79 Å². The van der Waals surface area contributed by atoms with Crippen LogP contribution < -0.4 is 0 Å². The number of nitrogens with zero attached hydrogens (tertiary/aromatic N) is 2. The van der Waals surface area contributed by atoms with Crippen molar-refractivity contribution in [3.63, 3.8) is 0 Å². The summed E-state index contributed by atoms with van der Waals surface area (Å²) in [6.07, 6.45) is 0.810. The van der Waals surface area contributed by atoms with Gasteiger partial charge in [0.05, 0.1) is 6.54 Å². The van der Waals surface area contributed by atoms with Crippen LogP contribution in [0.1, 0.15) is 22.3 Å². The Morgan fingerprint density at radius 3 is 2.70 bits per heavy atom. The second-order valence-corrected chi connectivity index (χ2v) is 5.19. The maximum atomic E-state index is 12.4. The number of rotatable bonds is 3. The van der Waals surface area contributed by atoms with E-state index >= 15 is 0 Å². The third-order valence-corrected chi connectivity index (χ3v) is 3.50. The zero-order chi connectivity index (χ0) is 14.5. The predicted octanol–water partition coefficient (Wildman–Crippen LogP) is 1.23. The first kappa shape index (κ1) is 14.5. The first-order valence-corrected chi connectivity index (χ1v) is 6.86. The number of carboxylic acids is 1. The highest BCUT2D eigenvalue weighted by molar-refractivity contribution is 5.94. The maximum absolute atomic E-state index is 12.4. The summed E-state index contributed by atoms with van der Waals surface area (Å²) in [5.74, 6) is -0.783. The van der Waals surface area contributed by atoms with Crippen molar-refractivity contribution < 1.29 is 14.7 Å². The van der Waals surface area contributed by atoms with Gasteiger partial charge in [0, 0.05) is 31.7 Å². The Balaban J connectivity index is 1.99. The smallest absolute Gasteiger partial charge is 0.317 e. The summed E-state index contributed by atoms with van der Waals surface area (Å²) in [7, 11) is 0. The minimum Gasteiger partial charge on any atom is -0.480 e. The van der Waals surface area contributed by atoms with E-state index in [4.69, 9.17) is 5.11 Å². The number of hydrogen-bond donors (Lipinski definition) is 1. The van der Waals surface area contributed by atoms with Gasteiger partial charge in [-0.2, -0.15) is 0 Å². The molecule has 1 aromatic carbocycles. The van der Waals surface area contributed by atoms with Crippen LogP contribution in [0.5, 0.6) is 0 Å². The number of aryl methyl sites for hydroxylation is 1. The predicted molar refractivity (Wildman–Crippen MR) is 75.8 cm³/mol. The normalized spacial score (nSPS) is 16.8. The van der Waals surface area contributed by atoms with Crippen molar-refractivity contribution in [3.05, 3.63) is 35.4 Å². The van der Waals surface area contributed by atoms with Crippen LogP contribution in [-0.4, -0.2) is 59.5 Å². The fourth-order valence-electron chi connectivity index (χ4n) is 2.48. The van der Waals surface area contributed by atoms with E-state index in [0.29, 0.717) is 25.2 Å². The topological polar surface area (TPSA) is 60.9 Å². The molecule has 0 atom stereocenters. The number of carbonyl (C=O) groups is 2. The van der Waals surface area contributed by atoms with E-state index in [-0.39, 0.29) is 12.5 Å². The first-order chi connectivity index (χ1) is 9.56. The molecule has 0 bridgehead atoms. The molecule has 0 aliphatic carbocycles. The minimum atomic E-state index is -0.816. The van der Waals surface area contributed by atoms with Gasteiger partial charge in [-0.05, 0) is 25.5 Å². The van der Waals surface area contributed by atoms with E-state index in [1.54, 1.807) is 0 Å². The van der Waals surface area contributed by atoms with Gasteiger partial charge in [0.25, 0.3) is 5.91 Å². The average molecular weight is 276 g/mol. The fourth-order valence-corrected chi connectivity index (χ4v) is 2.48. The van der Waals surface area contributed by atoms with Gasteiger partial charge in [-0.25, -0.2) is 0 Å². The van der Waals surface area contributed by atoms with E-state index in [1.807, 2.05) is 41.0 Å². The van der Waals surface area contributed by atoms with Crippen molar-refractivity contribution in [2.75, 3.05) is 32.7 Å². The fraction of sp³-hybridized carbons (Fsp3) is 0.467. The highest BCUT2D eigenvalue weighted by Crippen LogP contribution is 2.11. The molecule has 0 radical (unpaired) electrons. The van der Waals surface area contributed by atoms with E-state index in [0.717, 1.165) is 18.5 Å². The number of aliphatic carboxylic acids is 1. The summed E-state index contributed by atoms with van der Waals surface area (Å²) in [6.45, 7) is 4.62. The Morgan fingerprint density at radius 1 is 1.20 bits per heavy atom. The van der Waals surface area contributed by atoms with Crippen LogP contribution in [0.3, 0.4) is 0 Å². The zero-order valence-electron chi connectivity index (χ0n) is 11.7. The lowest BCUT2D eigenvalue weighted by molar-refractivity contribution is -0.138. The molecule has 20 heavy (non-hydrogen) atoms. The summed E-state index contributed by atoms with van der Waals surface area (Å²) in [5.41, 5.74) is 1.77. The number of carbonyl (C=O) groups excluding carboxylic acids is 1. The monoisotopic (exact) mass is 276 g/mol. The van der Waals surface area contributed by atoms with Crippen molar-refractivity contribution in [3.8, 4) is 0 Å². The standard InChI is InChI=1S/C15H20N2O3/c1-12-4-2-5-13(10-12)15(20)17-7-3-6-16(8-9-17)11-14(18)19/h2,4-5,10H,3,6-9,11H2,1H3,(H,18,19). The minimum absolute atomic E-state index is 0.0332. The second-order valence-electron chi connectivity index (χ2n) is 5.19. The number of amides is 1. The molecule has 1 aromatic rings. The van der Waals surface area contributed by atoms with E-state index in [1.165, 1.54) is 0 Å². The lowest BCUT2D eigenvalue weighted by atomic mass is 10.1. The van der Waals surface area contributed by atoms with E-state index in [2.05, 4.69) is 0 Å². The van der Waals surface area contributed by atoms with Crippen LogP contribution in [0.4, 0.5) is 0 Å². The summed E-state index contributed by atoms with van der Waals surface area (Å²) < 4.78 is 0. The average Bonchev–Trinajstić information content (AvgIpc) is 2.63. The Labute approximate surface area is 118 Å². The first-order valence-electron chi connectivity index (χ1n) is 6.86. The third kappa shape index (κ3) is 3.81. The Bertz CT molecular complexity index is 502. The molecule has 5 heteroatoms. The molecule has 0 spiro atoms. The molecular formula is C15H20N2O3. The zero-order valence-corrected chi connectivity index (χ0v) is 11.7. The maximum Gasteiger partial charge on any atom is 0.317 e. The lowest BCUT2D eigenvalue weighted by Gasteiger charge is -2.21. The van der Waals surface area contributed by atoms with Gasteiger partial charge < -0.3 is 10.0 Å². The van der Waals surface area contributed by atoms with Crippen LogP contribution >= 0.6 is 0 Å². The number of benzene rings is 1. The number of hydrogen-bond acceptors (Lipinski definition) is 3. The molecule has 1 aliphatic heterocycles. The Hall–Kier alpha value is -1.88. The molecule has 1 heterocycles. The van der Waals surface area contributed by atoms with Gasteiger partial charge in [-0.15, -0.1) is 0 Å². The molecule has 2 rings (SSSR count). The van der Waals surface area contributed by atoms with E-state index in [9.17, 15) is 9.59 Å². The molecule has 0 saturated carbocycles. The van der Waals surface area contributed by atoms with Gasteiger partial charge >= 0.3 is 5.97 Å². The molecule has 0 aromatic heterocycles. The van der Waals surface area contributed by atoms with E-state index < -0.39 is 5.97 Å². The van der Waals surface area contributed by atoms with Gasteiger partial charge in [0.15, 0.2) is 0 Å². The molecule has 0 unspecified atom stereocenters. The molecule has 108 valence electrons. The van der Waals surface area contributed by atoms with Crippen molar-refractivity contribution in [1.29, 1.82) is 0 Å². The van der Waals surface area contributed by atoms with Crippen molar-refractivity contribution in [2.45, 2.75) is 13.3 Å². The Kier molecular flexibility index (Phi) is 4.74. The molecule has 1 amide bonds. The van der Waals surface area contributed by atoms with Crippen LogP contribution in [0.15, 0.2) is 24.3 Å². The highest BCUT2D eigenvalue weighted by atomic mass is 16.4. The van der Waals surface area contributed by atoms with Crippen molar-refractivity contribution in [2.24, 2.45) is 0 Å². The van der Waals surface area contributed by atoms with Gasteiger partial charge in [-0.3, -0.25) is 14.5 Å². The molecule has 1 aliphatic rings. The summed E-state index contributed by atoms with van der Waals surface area (Å²) in [4.78, 5) is 26.9. The molecule has 1 fully saturated rings. The molecular weight excluding hydrogens is 256 g/mol. The SMILES string of the molecule is Cc1cccc(C(=O)N2CCCN(CC(=O)O)CC2)c1. The van der Waals surface area contributed by atoms with Crippen LogP contribution in [0.25, 0.3) is 0 Å². The largest absolute Gasteiger partial charge is 0.480 e. The Morgan fingerprint density at radius 2 is 2.00 bits per heavy atom.